The fourth-order valence-electron chi connectivity index (χ4n) is 5.24. The number of piperidine rings is 1. The first-order chi connectivity index (χ1) is 21.3. The van der Waals surface area contributed by atoms with E-state index >= 15 is 0 Å². The quantitative estimate of drug-likeness (QED) is 0.199. The van der Waals surface area contributed by atoms with E-state index in [1.54, 1.807) is 24.9 Å². The minimum Gasteiger partial charge on any atom is -0.459 e. The number of hydrogen-bond acceptors (Lipinski definition) is 6. The third-order valence-electron chi connectivity index (χ3n) is 7.75. The molecule has 9 nitrogen and oxygen atoms in total. The van der Waals surface area contributed by atoms with Gasteiger partial charge in [-0.15, -0.1) is 0 Å². The van der Waals surface area contributed by atoms with Crippen LogP contribution in [0.3, 0.4) is 0 Å². The zero-order chi connectivity index (χ0) is 33.9. The lowest BCUT2D eigenvalue weighted by atomic mass is 9.99. The van der Waals surface area contributed by atoms with Crippen LogP contribution in [0.4, 0.5) is 0 Å². The Hall–Kier alpha value is -3.20. The Morgan fingerprint density at radius 1 is 0.956 bits per heavy atom. The van der Waals surface area contributed by atoms with Crippen LogP contribution in [0.15, 0.2) is 42.0 Å². The van der Waals surface area contributed by atoms with E-state index < -0.39 is 12.0 Å². The Balaban J connectivity index is 0.000000644. The predicted molar refractivity (Wildman–Crippen MR) is 181 cm³/mol. The molecule has 2 fully saturated rings. The van der Waals surface area contributed by atoms with E-state index in [0.29, 0.717) is 24.9 Å². The zero-order valence-corrected chi connectivity index (χ0v) is 29.4. The molecule has 45 heavy (non-hydrogen) atoms. The van der Waals surface area contributed by atoms with Crippen molar-refractivity contribution in [2.45, 2.75) is 112 Å². The number of carbonyl (C=O) groups is 4. The fraction of sp³-hybridized carbons (Fsp3) is 0.667. The number of esters is 1. The first-order valence-corrected chi connectivity index (χ1v) is 16.7. The first kappa shape index (κ1) is 39.8. The van der Waals surface area contributed by atoms with Crippen LogP contribution in [0.2, 0.25) is 0 Å². The van der Waals surface area contributed by atoms with Crippen molar-refractivity contribution < 1.29 is 23.9 Å². The molecule has 0 unspecified atom stereocenters. The van der Waals surface area contributed by atoms with Crippen molar-refractivity contribution in [3.63, 3.8) is 0 Å². The maximum Gasteiger partial charge on any atom is 0.329 e. The van der Waals surface area contributed by atoms with Gasteiger partial charge in [0.1, 0.15) is 12.6 Å². The molecular formula is C36H60N4O5. The number of rotatable bonds is 11. The molecule has 0 spiro atoms. The first-order valence-electron chi connectivity index (χ1n) is 16.7. The van der Waals surface area contributed by atoms with E-state index in [0.717, 1.165) is 23.9 Å². The summed E-state index contributed by atoms with van der Waals surface area (Å²) in [5.41, 5.74) is 1.36. The van der Waals surface area contributed by atoms with Crippen LogP contribution in [0, 0.1) is 11.8 Å². The second-order valence-corrected chi connectivity index (χ2v) is 13.3. The number of likely N-dealkylation sites (N-methyl/N-ethyl adjacent to an activating group) is 1. The molecular weight excluding hydrogens is 568 g/mol. The molecule has 2 heterocycles. The van der Waals surface area contributed by atoms with E-state index in [-0.39, 0.29) is 36.9 Å². The van der Waals surface area contributed by atoms with Gasteiger partial charge < -0.3 is 24.8 Å². The predicted octanol–water partition coefficient (Wildman–Crippen LogP) is 5.44. The van der Waals surface area contributed by atoms with Crippen molar-refractivity contribution in [1.82, 2.24) is 20.0 Å². The van der Waals surface area contributed by atoms with E-state index in [1.165, 1.54) is 37.3 Å². The number of benzene rings is 1. The average molecular weight is 629 g/mol. The third kappa shape index (κ3) is 15.1. The van der Waals surface area contributed by atoms with E-state index in [1.807, 2.05) is 44.2 Å². The standard InChI is InChI=1S/C24H33N3O5.C8H17N.C4H10/c1-17(2)21(26(4)22(29)14-25-16-28)13-18(3)23(30)27-12-8-11-20(27)24(31)32-15-19-9-6-5-7-10-19;1-8(2)9-6-4-3-5-7-9;1-4(2)3/h5-7,9-10,13,16-17,20-21H,8,11-12,14-15H2,1-4H3,(H,25,28);8H,3-7H2,1-2H3;4H,1-3H3/b18-13+;;/t20-,21+;;/m0../s1. The molecule has 0 aromatic heterocycles. The van der Waals surface area contributed by atoms with Crippen molar-refractivity contribution in [1.29, 1.82) is 0 Å². The Morgan fingerprint density at radius 3 is 2.07 bits per heavy atom. The maximum atomic E-state index is 13.1. The third-order valence-corrected chi connectivity index (χ3v) is 7.75. The molecule has 3 amide bonds. The summed E-state index contributed by atoms with van der Waals surface area (Å²) in [5.74, 6) is -0.00851. The molecule has 3 rings (SSSR count). The van der Waals surface area contributed by atoms with E-state index in [9.17, 15) is 19.2 Å². The summed E-state index contributed by atoms with van der Waals surface area (Å²) in [6.07, 6.45) is 7.81. The Bertz CT molecular complexity index is 1050. The van der Waals surface area contributed by atoms with Crippen molar-refractivity contribution >= 4 is 24.2 Å². The molecule has 2 aliphatic heterocycles. The summed E-state index contributed by atoms with van der Waals surface area (Å²) < 4.78 is 5.46. The van der Waals surface area contributed by atoms with Gasteiger partial charge in [-0.1, -0.05) is 77.4 Å². The van der Waals surface area contributed by atoms with Crippen LogP contribution >= 0.6 is 0 Å². The van der Waals surface area contributed by atoms with Crippen LogP contribution in [-0.2, 0) is 30.5 Å². The summed E-state index contributed by atoms with van der Waals surface area (Å²) >= 11 is 0. The lowest BCUT2D eigenvalue weighted by Gasteiger charge is -2.30. The van der Waals surface area contributed by atoms with Crippen molar-refractivity contribution in [2.24, 2.45) is 11.8 Å². The monoisotopic (exact) mass is 628 g/mol. The highest BCUT2D eigenvalue weighted by molar-refractivity contribution is 5.96. The van der Waals surface area contributed by atoms with Crippen LogP contribution in [0.1, 0.15) is 93.1 Å². The second kappa shape index (κ2) is 21.5. The fourth-order valence-corrected chi connectivity index (χ4v) is 5.24. The van der Waals surface area contributed by atoms with Crippen LogP contribution in [0.25, 0.3) is 0 Å². The number of nitrogens with one attached hydrogen (secondary N) is 1. The smallest absolute Gasteiger partial charge is 0.329 e. The van der Waals surface area contributed by atoms with Gasteiger partial charge in [0.15, 0.2) is 0 Å². The summed E-state index contributed by atoms with van der Waals surface area (Å²) in [4.78, 5) is 54.2. The summed E-state index contributed by atoms with van der Waals surface area (Å²) in [7, 11) is 1.65. The number of amides is 3. The van der Waals surface area contributed by atoms with E-state index in [4.69, 9.17) is 4.74 Å². The Labute approximate surface area is 272 Å². The summed E-state index contributed by atoms with van der Waals surface area (Å²) in [6, 6.07) is 9.25. The largest absolute Gasteiger partial charge is 0.459 e. The van der Waals surface area contributed by atoms with Gasteiger partial charge in [-0.25, -0.2) is 4.79 Å². The zero-order valence-electron chi connectivity index (χ0n) is 29.4. The SMILES string of the molecule is C/C(=C\[C@H](C(C)C)N(C)C(=O)CNC=O)C(=O)N1CCC[C@H]1C(=O)OCc1ccccc1.CC(C)C.CC(C)N1CCCCC1. The topological polar surface area (TPSA) is 99.3 Å². The minimum atomic E-state index is -0.608. The number of ether oxygens (including phenoxy) is 1. The van der Waals surface area contributed by atoms with Gasteiger partial charge in [0.25, 0.3) is 0 Å². The highest BCUT2D eigenvalue weighted by Gasteiger charge is 2.36. The average Bonchev–Trinajstić information content (AvgIpc) is 3.51. The Kier molecular flexibility index (Phi) is 19.0. The maximum absolute atomic E-state index is 13.1. The van der Waals surface area contributed by atoms with Gasteiger partial charge in [0.05, 0.1) is 12.6 Å². The van der Waals surface area contributed by atoms with Gasteiger partial charge in [0, 0.05) is 25.2 Å². The van der Waals surface area contributed by atoms with Gasteiger partial charge in [-0.3, -0.25) is 14.4 Å². The molecule has 0 saturated carbocycles. The number of nitrogens with zero attached hydrogens (tertiary/aromatic N) is 3. The van der Waals surface area contributed by atoms with Crippen molar-refractivity contribution in [2.75, 3.05) is 33.2 Å². The van der Waals surface area contributed by atoms with Gasteiger partial charge in [-0.2, -0.15) is 0 Å². The van der Waals surface area contributed by atoms with E-state index in [2.05, 4.69) is 44.8 Å². The molecule has 0 aliphatic carbocycles. The molecule has 2 saturated heterocycles. The van der Waals surface area contributed by atoms with Gasteiger partial charge in [-0.05, 0) is 76.9 Å². The Morgan fingerprint density at radius 2 is 1.56 bits per heavy atom. The van der Waals surface area contributed by atoms with Gasteiger partial charge >= 0.3 is 5.97 Å². The molecule has 0 bridgehead atoms. The normalized spacial score (nSPS) is 17.6. The van der Waals surface area contributed by atoms with Crippen LogP contribution < -0.4 is 5.32 Å². The molecule has 2 aliphatic rings. The number of carbonyl (C=O) groups excluding carboxylic acids is 4. The summed E-state index contributed by atoms with van der Waals surface area (Å²) in [6.45, 7) is 19.9. The molecule has 0 radical (unpaired) electrons. The van der Waals surface area contributed by atoms with Crippen LogP contribution in [0.5, 0.6) is 0 Å². The van der Waals surface area contributed by atoms with Crippen molar-refractivity contribution in [3.05, 3.63) is 47.5 Å². The molecule has 254 valence electrons. The highest BCUT2D eigenvalue weighted by atomic mass is 16.5. The molecule has 1 aromatic rings. The number of likely N-dealkylation sites (tertiary alicyclic amines) is 2. The van der Waals surface area contributed by atoms with Crippen LogP contribution in [-0.4, -0.2) is 90.2 Å². The highest BCUT2D eigenvalue weighted by Crippen LogP contribution is 2.23. The molecule has 2 atom stereocenters. The lowest BCUT2D eigenvalue weighted by molar-refractivity contribution is -0.153. The molecule has 1 N–H and O–H groups in total. The number of hydrogen-bond donors (Lipinski definition) is 1. The minimum absolute atomic E-state index is 0.0492. The van der Waals surface area contributed by atoms with Gasteiger partial charge in [0.2, 0.25) is 18.2 Å². The summed E-state index contributed by atoms with van der Waals surface area (Å²) in [5, 5.41) is 2.37. The molecule has 1 aromatic carbocycles. The second-order valence-electron chi connectivity index (χ2n) is 13.3. The molecule has 9 heteroatoms. The van der Waals surface area contributed by atoms with Crippen molar-refractivity contribution in [3.8, 4) is 0 Å². The lowest BCUT2D eigenvalue weighted by Crippen LogP contribution is -2.44.